The van der Waals surface area contributed by atoms with Crippen LogP contribution in [0.15, 0.2) is 6.20 Å². The van der Waals surface area contributed by atoms with Gasteiger partial charge in [0.2, 0.25) is 0 Å². The van der Waals surface area contributed by atoms with Gasteiger partial charge in [0.05, 0.1) is 18.8 Å². The molecular weight excluding hydrogens is 334 g/mol. The number of hydrogen-bond acceptors (Lipinski definition) is 4. The fraction of sp³-hybridized carbons (Fsp3) is 0.765. The van der Waals surface area contributed by atoms with Crippen LogP contribution in [0.5, 0.6) is 0 Å². The zero-order chi connectivity index (χ0) is 18.4. The van der Waals surface area contributed by atoms with E-state index in [-0.39, 0.29) is 18.6 Å². The Morgan fingerprint density at radius 3 is 2.46 bits per heavy atom. The topological polar surface area (TPSA) is 118 Å². The van der Waals surface area contributed by atoms with Crippen LogP contribution in [-0.2, 0) is 6.54 Å². The van der Waals surface area contributed by atoms with Gasteiger partial charge in [0, 0.05) is 19.1 Å². The Kier molecular flexibility index (Phi) is 6.30. The first-order valence-corrected chi connectivity index (χ1v) is 9.61. The highest BCUT2D eigenvalue weighted by atomic mass is 16.2. The number of carbonyl (C=O) groups excluding carboxylic acids is 2. The van der Waals surface area contributed by atoms with E-state index in [1.165, 1.54) is 25.7 Å². The lowest BCUT2D eigenvalue weighted by atomic mass is 10.1. The molecule has 144 valence electrons. The monoisotopic (exact) mass is 363 g/mol. The molecule has 0 atom stereocenters. The van der Waals surface area contributed by atoms with Crippen molar-refractivity contribution in [3.63, 3.8) is 0 Å². The van der Waals surface area contributed by atoms with E-state index >= 15 is 0 Å². The standard InChI is InChI=1S/C17H29N7O2/c18-16(25)19-11-14-12-24(22-21-14)15-7-9-23(10-8-15)17(26)20-13-5-3-1-2-4-6-13/h12-13,15H,1-11H2,(H,20,26)(H3,18,19,25). The maximum Gasteiger partial charge on any atom is 0.317 e. The number of aromatic nitrogens is 3. The minimum atomic E-state index is -0.576. The van der Waals surface area contributed by atoms with E-state index in [2.05, 4.69) is 20.9 Å². The van der Waals surface area contributed by atoms with Crippen LogP contribution in [0.1, 0.15) is 63.1 Å². The molecule has 2 fully saturated rings. The number of primary amides is 1. The molecule has 0 spiro atoms. The second-order valence-corrected chi connectivity index (χ2v) is 7.26. The Hall–Kier alpha value is -2.32. The molecule has 1 aromatic rings. The van der Waals surface area contributed by atoms with E-state index in [1.54, 1.807) is 0 Å². The van der Waals surface area contributed by atoms with Crippen molar-refractivity contribution in [2.75, 3.05) is 13.1 Å². The summed E-state index contributed by atoms with van der Waals surface area (Å²) in [4.78, 5) is 25.2. The van der Waals surface area contributed by atoms with Gasteiger partial charge in [-0.3, -0.25) is 0 Å². The Bertz CT molecular complexity index is 602. The van der Waals surface area contributed by atoms with Gasteiger partial charge in [-0.25, -0.2) is 14.3 Å². The van der Waals surface area contributed by atoms with Crippen molar-refractivity contribution in [3.8, 4) is 0 Å². The van der Waals surface area contributed by atoms with Crippen molar-refractivity contribution in [2.24, 2.45) is 5.73 Å². The van der Waals surface area contributed by atoms with Crippen molar-refractivity contribution in [1.29, 1.82) is 0 Å². The maximum atomic E-state index is 12.5. The lowest BCUT2D eigenvalue weighted by molar-refractivity contribution is 0.164. The van der Waals surface area contributed by atoms with Crippen LogP contribution in [0, 0.1) is 0 Å². The summed E-state index contributed by atoms with van der Waals surface area (Å²) < 4.78 is 1.83. The molecule has 0 unspecified atom stereocenters. The van der Waals surface area contributed by atoms with Gasteiger partial charge < -0.3 is 21.3 Å². The van der Waals surface area contributed by atoms with E-state index in [0.29, 0.717) is 11.7 Å². The minimum absolute atomic E-state index is 0.0697. The number of nitrogens with two attached hydrogens (primary N) is 1. The van der Waals surface area contributed by atoms with Gasteiger partial charge in [-0.05, 0) is 25.7 Å². The first-order valence-electron chi connectivity index (χ1n) is 9.61. The number of likely N-dealkylation sites (tertiary alicyclic amines) is 1. The molecule has 1 saturated heterocycles. The third kappa shape index (κ3) is 5.09. The number of rotatable bonds is 4. The van der Waals surface area contributed by atoms with Gasteiger partial charge in [-0.2, -0.15) is 0 Å². The summed E-state index contributed by atoms with van der Waals surface area (Å²) in [5, 5.41) is 13.9. The van der Waals surface area contributed by atoms with Crippen LogP contribution in [0.2, 0.25) is 0 Å². The van der Waals surface area contributed by atoms with Gasteiger partial charge in [0.1, 0.15) is 5.69 Å². The first kappa shape index (κ1) is 18.5. The summed E-state index contributed by atoms with van der Waals surface area (Å²) in [6.45, 7) is 1.72. The maximum absolute atomic E-state index is 12.5. The molecule has 2 heterocycles. The van der Waals surface area contributed by atoms with Crippen LogP contribution < -0.4 is 16.4 Å². The van der Waals surface area contributed by atoms with Crippen molar-refractivity contribution in [3.05, 3.63) is 11.9 Å². The Labute approximate surface area is 153 Å². The predicted octanol–water partition coefficient (Wildman–Crippen LogP) is 1.52. The number of nitrogens with one attached hydrogen (secondary N) is 2. The van der Waals surface area contributed by atoms with Crippen LogP contribution in [0.3, 0.4) is 0 Å². The Balaban J connectivity index is 1.44. The van der Waals surface area contributed by atoms with Gasteiger partial charge in [0.15, 0.2) is 0 Å². The summed E-state index contributed by atoms with van der Waals surface area (Å²) in [6.07, 6.45) is 10.7. The summed E-state index contributed by atoms with van der Waals surface area (Å²) in [5.41, 5.74) is 5.74. The fourth-order valence-electron chi connectivity index (χ4n) is 3.77. The predicted molar refractivity (Wildman–Crippen MR) is 96.3 cm³/mol. The average Bonchev–Trinajstić information content (AvgIpc) is 2.97. The minimum Gasteiger partial charge on any atom is -0.352 e. The van der Waals surface area contributed by atoms with E-state index in [1.807, 2.05) is 15.8 Å². The first-order chi connectivity index (χ1) is 12.6. The molecular formula is C17H29N7O2. The van der Waals surface area contributed by atoms with Gasteiger partial charge in [0.25, 0.3) is 0 Å². The number of carbonyl (C=O) groups is 2. The quantitative estimate of drug-likeness (QED) is 0.703. The fourth-order valence-corrected chi connectivity index (χ4v) is 3.77. The van der Waals surface area contributed by atoms with Crippen LogP contribution >= 0.6 is 0 Å². The molecule has 4 amide bonds. The molecule has 1 saturated carbocycles. The molecule has 0 aromatic carbocycles. The zero-order valence-corrected chi connectivity index (χ0v) is 15.2. The molecule has 1 aromatic heterocycles. The molecule has 1 aliphatic heterocycles. The summed E-state index contributed by atoms with van der Waals surface area (Å²) >= 11 is 0. The third-order valence-corrected chi connectivity index (χ3v) is 5.31. The van der Waals surface area contributed by atoms with E-state index in [4.69, 9.17) is 5.73 Å². The SMILES string of the molecule is NC(=O)NCc1cn(C2CCN(C(=O)NC3CCCCCC3)CC2)nn1. The van der Waals surface area contributed by atoms with Gasteiger partial charge in [-0.15, -0.1) is 5.10 Å². The second kappa shape index (κ2) is 8.86. The van der Waals surface area contributed by atoms with Crippen molar-refractivity contribution < 1.29 is 9.59 Å². The number of nitrogens with zero attached hydrogens (tertiary/aromatic N) is 4. The largest absolute Gasteiger partial charge is 0.352 e. The highest BCUT2D eigenvalue weighted by molar-refractivity contribution is 5.74. The number of hydrogen-bond donors (Lipinski definition) is 3. The Morgan fingerprint density at radius 2 is 1.81 bits per heavy atom. The summed E-state index contributed by atoms with van der Waals surface area (Å²) in [5.74, 6) is 0. The van der Waals surface area contributed by atoms with Crippen molar-refractivity contribution in [2.45, 2.75) is 70.0 Å². The van der Waals surface area contributed by atoms with E-state index in [0.717, 1.165) is 38.8 Å². The summed E-state index contributed by atoms with van der Waals surface area (Å²) in [6, 6.07) is 0.0536. The average molecular weight is 363 g/mol. The lowest BCUT2D eigenvalue weighted by Crippen LogP contribution is -2.48. The van der Waals surface area contributed by atoms with Crippen LogP contribution in [-0.4, -0.2) is 51.1 Å². The lowest BCUT2D eigenvalue weighted by Gasteiger charge is -2.33. The molecule has 0 radical (unpaired) electrons. The molecule has 9 nitrogen and oxygen atoms in total. The van der Waals surface area contributed by atoms with Crippen molar-refractivity contribution >= 4 is 12.1 Å². The number of amides is 4. The van der Waals surface area contributed by atoms with Gasteiger partial charge in [-0.1, -0.05) is 30.9 Å². The number of piperidine rings is 1. The number of urea groups is 2. The van der Waals surface area contributed by atoms with Crippen molar-refractivity contribution in [1.82, 2.24) is 30.5 Å². The van der Waals surface area contributed by atoms with E-state index < -0.39 is 6.03 Å². The molecule has 1 aliphatic carbocycles. The smallest absolute Gasteiger partial charge is 0.317 e. The summed E-state index contributed by atoms with van der Waals surface area (Å²) in [7, 11) is 0. The Morgan fingerprint density at radius 1 is 1.12 bits per heavy atom. The molecule has 4 N–H and O–H groups in total. The normalized spacial score (nSPS) is 19.8. The highest BCUT2D eigenvalue weighted by Gasteiger charge is 2.26. The third-order valence-electron chi connectivity index (χ3n) is 5.31. The molecule has 26 heavy (non-hydrogen) atoms. The molecule has 2 aliphatic rings. The molecule has 9 heteroatoms. The highest BCUT2D eigenvalue weighted by Crippen LogP contribution is 2.22. The molecule has 0 bridgehead atoms. The van der Waals surface area contributed by atoms with Crippen LogP contribution in [0.25, 0.3) is 0 Å². The van der Waals surface area contributed by atoms with E-state index in [9.17, 15) is 9.59 Å². The molecule has 3 rings (SSSR count). The second-order valence-electron chi connectivity index (χ2n) is 7.26. The zero-order valence-electron chi connectivity index (χ0n) is 15.2. The van der Waals surface area contributed by atoms with Gasteiger partial charge >= 0.3 is 12.1 Å². The van der Waals surface area contributed by atoms with Crippen LogP contribution in [0.4, 0.5) is 9.59 Å².